The molecule has 0 radical (unpaired) electrons. The summed E-state index contributed by atoms with van der Waals surface area (Å²) in [4.78, 5) is 140. The Labute approximate surface area is 373 Å². The molecule has 4 saturated heterocycles. The van der Waals surface area contributed by atoms with Crippen molar-refractivity contribution in [3.63, 3.8) is 0 Å². The second kappa shape index (κ2) is 16.6. The van der Waals surface area contributed by atoms with E-state index >= 15 is 0 Å². The Bertz CT molecular complexity index is 2340. The number of carbonyl (C=O) groups excluding carboxylic acids is 8. The van der Waals surface area contributed by atoms with Crippen molar-refractivity contribution >= 4 is 83.0 Å². The van der Waals surface area contributed by atoms with Crippen LogP contribution in [0.1, 0.15) is 71.6 Å². The van der Waals surface area contributed by atoms with Gasteiger partial charge >= 0.3 is 24.0 Å². The average Bonchev–Trinajstić information content (AvgIpc) is 3.65. The van der Waals surface area contributed by atoms with Crippen molar-refractivity contribution in [2.24, 2.45) is 11.5 Å². The number of β-lactam (4-membered cyclic amide) rings is 2. The van der Waals surface area contributed by atoms with Gasteiger partial charge in [-0.3, -0.25) is 38.6 Å². The Kier molecular flexibility index (Phi) is 11.7. The van der Waals surface area contributed by atoms with Crippen molar-refractivity contribution in [3.8, 4) is 0 Å². The molecule has 20 nitrogen and oxygen atoms in total. The van der Waals surface area contributed by atoms with Crippen molar-refractivity contribution in [3.05, 3.63) is 107 Å². The van der Waals surface area contributed by atoms with Gasteiger partial charge in [0.25, 0.3) is 35.4 Å². The Hall–Kier alpha value is -6.94. The fourth-order valence-corrected chi connectivity index (χ4v) is 12.0. The number of nitrogens with two attached hydrogens (primary N) is 2. The number of thioether (sulfide) groups is 2. The number of nitrogens with one attached hydrogen (secondary N) is 2. The number of fused-ring (bicyclic) bond motifs is 2. The number of hydrogen-bond acceptors (Lipinski definition) is 12. The summed E-state index contributed by atoms with van der Waals surface area (Å²) in [6.45, 7) is 6.38. The highest BCUT2D eigenvalue weighted by molar-refractivity contribution is 8.02. The molecule has 64 heavy (non-hydrogen) atoms. The molecular formula is C42H42N8O12S2. The number of carbonyl (C=O) groups is 10. The second-order valence-corrected chi connectivity index (χ2v) is 19.9. The van der Waals surface area contributed by atoms with Crippen molar-refractivity contribution in [1.29, 1.82) is 0 Å². The van der Waals surface area contributed by atoms with Gasteiger partial charge in [0.2, 0.25) is 0 Å². The summed E-state index contributed by atoms with van der Waals surface area (Å²) < 4.78 is -2.17. The number of benzene rings is 3. The molecule has 3 aromatic rings. The summed E-state index contributed by atoms with van der Waals surface area (Å²) >= 11 is 2.08. The van der Waals surface area contributed by atoms with Crippen LogP contribution in [0.15, 0.2) is 84.9 Å². The lowest BCUT2D eigenvalue weighted by Gasteiger charge is -2.48. The Morgan fingerprint density at radius 1 is 0.594 bits per heavy atom. The highest BCUT2D eigenvalue weighted by Crippen LogP contribution is 2.54. The van der Waals surface area contributed by atoms with Gasteiger partial charge in [0.15, 0.2) is 0 Å². The topological polar surface area (TPSA) is 300 Å². The third-order valence-electron chi connectivity index (χ3n) is 11.5. The summed E-state index contributed by atoms with van der Waals surface area (Å²) in [5.41, 5.74) is 10.5. The number of primary amides is 2. The number of nitrogens with zero attached hydrogens (tertiary/aromatic N) is 4. The molecule has 4 heterocycles. The molecular weight excluding hydrogens is 873 g/mol. The lowest BCUT2D eigenvalue weighted by atomic mass is 9.93. The number of rotatable bonds is 12. The zero-order valence-electron chi connectivity index (χ0n) is 34.4. The van der Waals surface area contributed by atoms with Gasteiger partial charge in [-0.2, -0.15) is 0 Å². The Balaban J connectivity index is 1.31. The first kappa shape index (κ1) is 45.1. The van der Waals surface area contributed by atoms with Crippen LogP contribution in [0.2, 0.25) is 0 Å². The summed E-state index contributed by atoms with van der Waals surface area (Å²) in [6, 6.07) is 8.54. The van der Waals surface area contributed by atoms with Gasteiger partial charge in [0, 0.05) is 20.6 Å². The van der Waals surface area contributed by atoms with Crippen LogP contribution in [0.25, 0.3) is 0 Å². The van der Waals surface area contributed by atoms with Crippen LogP contribution in [0.4, 0.5) is 9.59 Å². The van der Waals surface area contributed by atoms with Gasteiger partial charge in [0.1, 0.15) is 47.0 Å². The number of hydrogen-bond donors (Lipinski definition) is 6. The zero-order chi connectivity index (χ0) is 46.7. The lowest BCUT2D eigenvalue weighted by molar-refractivity contribution is -0.166. The van der Waals surface area contributed by atoms with E-state index in [0.29, 0.717) is 9.80 Å². The van der Waals surface area contributed by atoms with E-state index in [4.69, 9.17) is 11.5 Å². The van der Waals surface area contributed by atoms with Gasteiger partial charge in [-0.15, -0.1) is 23.5 Å². The predicted molar refractivity (Wildman–Crippen MR) is 228 cm³/mol. The van der Waals surface area contributed by atoms with E-state index in [9.17, 15) is 58.2 Å². The molecule has 8 atom stereocenters. The first-order valence-corrected chi connectivity index (χ1v) is 21.4. The standard InChI is InChI=1S/C42H42N8O12S2/c1-41(2)27(37(57)58)49-33(55)25(35(49)63-41)47(31(53)23(45-39(43)61)19-12-7-5-8-13-19)29(51)21-16-11-17-22(18-21)30(52)48(32(54)24(46-40(44)62)20-14-9-6-10-15-20)26-34(56)50-28(38(59)60)42(3,4)64-36(26)50/h5-18,23-28,35-36H,1-4H3,(H,57,58)(H,59,60)(H3,43,45,61)(H3,44,46,62)/t23?,24?,25-,26-,27+,28+,35-,36-/m1/s1. The van der Waals surface area contributed by atoms with Crippen molar-refractivity contribution in [2.45, 2.75) is 84.2 Å². The fourth-order valence-electron chi connectivity index (χ4n) is 8.68. The van der Waals surface area contributed by atoms with Crippen LogP contribution in [0.5, 0.6) is 0 Å². The molecule has 0 spiro atoms. The molecule has 0 aliphatic carbocycles. The third kappa shape index (κ3) is 7.65. The van der Waals surface area contributed by atoms with Crippen LogP contribution >= 0.6 is 23.5 Å². The molecule has 10 amide bonds. The minimum atomic E-state index is -1.64. The highest BCUT2D eigenvalue weighted by Gasteiger charge is 2.68. The molecule has 334 valence electrons. The van der Waals surface area contributed by atoms with E-state index in [1.54, 1.807) is 64.1 Å². The maximum absolute atomic E-state index is 14.9. The van der Waals surface area contributed by atoms with Crippen molar-refractivity contribution < 1.29 is 58.2 Å². The van der Waals surface area contributed by atoms with Crippen LogP contribution < -0.4 is 22.1 Å². The molecule has 0 saturated carbocycles. The average molecular weight is 915 g/mol. The summed E-state index contributed by atoms with van der Waals surface area (Å²) in [5, 5.41) is 22.7. The van der Waals surface area contributed by atoms with Crippen LogP contribution in [0, 0.1) is 0 Å². The lowest BCUT2D eigenvalue weighted by Crippen LogP contribution is -2.73. The molecule has 4 aliphatic heterocycles. The van der Waals surface area contributed by atoms with E-state index in [1.165, 1.54) is 42.5 Å². The minimum absolute atomic E-state index is 0.170. The molecule has 0 aromatic heterocycles. The summed E-state index contributed by atoms with van der Waals surface area (Å²) in [5.74, 6) is -8.99. The molecule has 7 rings (SSSR count). The molecule has 22 heteroatoms. The first-order chi connectivity index (χ1) is 30.1. The molecule has 4 aliphatic rings. The van der Waals surface area contributed by atoms with E-state index in [1.807, 2.05) is 0 Å². The normalized spacial score (nSPS) is 24.4. The van der Waals surface area contributed by atoms with Crippen LogP contribution in [-0.4, -0.2) is 134 Å². The summed E-state index contributed by atoms with van der Waals surface area (Å²) in [6.07, 6.45) is 0. The number of amides is 10. The monoisotopic (exact) mass is 914 g/mol. The molecule has 4 fully saturated rings. The number of aliphatic carboxylic acids is 2. The fraction of sp³-hybridized carbons (Fsp3) is 0.333. The third-order valence-corrected chi connectivity index (χ3v) is 14.6. The SMILES string of the molecule is CC1(C)S[C@@H]2[C@H](N(C(=O)c3cccc(C(=O)N(C(=O)C(NC(N)=O)c4ccccc4)[C@@H]4C(=O)N5[C@@H]4SC(C)(C)[C@@H]5C(=O)O)c3)C(=O)C(NC(N)=O)c3ccccc3)C(=O)N2[C@H]1C(=O)O. The smallest absolute Gasteiger partial charge is 0.327 e. The Morgan fingerprint density at radius 3 is 1.25 bits per heavy atom. The highest BCUT2D eigenvalue weighted by atomic mass is 32.2. The van der Waals surface area contributed by atoms with Gasteiger partial charge in [0.05, 0.1) is 0 Å². The second-order valence-electron chi connectivity index (χ2n) is 16.4. The predicted octanol–water partition coefficient (Wildman–Crippen LogP) is 1.47. The minimum Gasteiger partial charge on any atom is -0.480 e. The zero-order valence-corrected chi connectivity index (χ0v) is 36.1. The Morgan fingerprint density at radius 2 is 0.938 bits per heavy atom. The largest absolute Gasteiger partial charge is 0.480 e. The van der Waals surface area contributed by atoms with E-state index < -0.39 is 116 Å². The number of carboxylic acid groups (broad SMARTS) is 2. The molecule has 8 N–H and O–H groups in total. The van der Waals surface area contributed by atoms with Crippen molar-refractivity contribution in [1.82, 2.24) is 30.2 Å². The van der Waals surface area contributed by atoms with Crippen molar-refractivity contribution in [2.75, 3.05) is 0 Å². The maximum Gasteiger partial charge on any atom is 0.327 e. The molecule has 2 unspecified atom stereocenters. The van der Waals surface area contributed by atoms with Gasteiger partial charge in [-0.1, -0.05) is 66.7 Å². The first-order valence-electron chi connectivity index (χ1n) is 19.6. The van der Waals surface area contributed by atoms with E-state index in [2.05, 4.69) is 10.6 Å². The molecule has 0 bridgehead atoms. The van der Waals surface area contributed by atoms with Gasteiger partial charge < -0.3 is 42.1 Å². The van der Waals surface area contributed by atoms with E-state index in [0.717, 1.165) is 39.4 Å². The number of carboxylic acids is 2. The maximum atomic E-state index is 14.9. The quantitative estimate of drug-likeness (QED) is 0.140. The van der Waals surface area contributed by atoms with E-state index in [-0.39, 0.29) is 22.3 Å². The van der Waals surface area contributed by atoms with Crippen LogP contribution in [0.3, 0.4) is 0 Å². The molecule has 3 aromatic carbocycles. The van der Waals surface area contributed by atoms with Crippen LogP contribution in [-0.2, 0) is 28.8 Å². The number of urea groups is 2. The van der Waals surface area contributed by atoms with Gasteiger partial charge in [-0.25, -0.2) is 19.2 Å². The van der Waals surface area contributed by atoms with Gasteiger partial charge in [-0.05, 0) is 57.0 Å². The summed E-state index contributed by atoms with van der Waals surface area (Å²) in [7, 11) is 0. The number of imide groups is 2.